The minimum atomic E-state index is -0.422. The van der Waals surface area contributed by atoms with Crippen LogP contribution in [0.25, 0.3) is 11.4 Å². The molecule has 0 aliphatic heterocycles. The van der Waals surface area contributed by atoms with Crippen molar-refractivity contribution in [2.75, 3.05) is 6.61 Å². The molecule has 0 aliphatic carbocycles. The first kappa shape index (κ1) is 17.0. The highest BCUT2D eigenvalue weighted by Crippen LogP contribution is 2.29. The molecule has 0 atom stereocenters. The van der Waals surface area contributed by atoms with Crippen LogP contribution in [0.5, 0.6) is 5.75 Å². The van der Waals surface area contributed by atoms with Crippen LogP contribution in [0.3, 0.4) is 0 Å². The zero-order valence-corrected chi connectivity index (χ0v) is 14.2. The van der Waals surface area contributed by atoms with Gasteiger partial charge < -0.3 is 9.26 Å². The predicted molar refractivity (Wildman–Crippen MR) is 93.6 cm³/mol. The fourth-order valence-electron chi connectivity index (χ4n) is 2.16. The molecule has 0 saturated carbocycles. The molecule has 3 aromatic rings. The number of hydrogen-bond acceptors (Lipinski definition) is 7. The lowest BCUT2D eigenvalue weighted by Gasteiger charge is -2.05. The van der Waals surface area contributed by atoms with E-state index in [2.05, 4.69) is 10.1 Å². The van der Waals surface area contributed by atoms with Crippen molar-refractivity contribution >= 4 is 17.4 Å². The summed E-state index contributed by atoms with van der Waals surface area (Å²) in [6, 6.07) is 13.9. The molecule has 1 heterocycles. The van der Waals surface area contributed by atoms with Gasteiger partial charge in [0.15, 0.2) is 0 Å². The standard InChI is InChI=1S/C17H15N3O4S/c1-2-23-15-6-4-3-5-14(15)17-18-16(24-19-17)11-25-13-9-7-12(8-10-13)20(21)22/h3-10H,2,11H2,1H3. The van der Waals surface area contributed by atoms with Crippen molar-refractivity contribution in [3.05, 3.63) is 64.5 Å². The Kier molecular flexibility index (Phi) is 5.30. The molecule has 0 aliphatic rings. The maximum Gasteiger partial charge on any atom is 0.269 e. The largest absolute Gasteiger partial charge is 0.493 e. The van der Waals surface area contributed by atoms with Crippen molar-refractivity contribution in [3.8, 4) is 17.1 Å². The molecule has 0 radical (unpaired) electrons. The van der Waals surface area contributed by atoms with E-state index in [0.29, 0.717) is 29.8 Å². The SMILES string of the molecule is CCOc1ccccc1-c1noc(CSc2ccc([N+](=O)[O-])cc2)n1. The highest BCUT2D eigenvalue weighted by Gasteiger charge is 2.13. The first-order valence-electron chi connectivity index (χ1n) is 7.59. The van der Waals surface area contributed by atoms with Gasteiger partial charge in [-0.05, 0) is 31.2 Å². The number of nitro benzene ring substituents is 1. The Labute approximate surface area is 148 Å². The summed E-state index contributed by atoms with van der Waals surface area (Å²) in [6.45, 7) is 2.47. The smallest absolute Gasteiger partial charge is 0.269 e. The molecule has 0 N–H and O–H groups in total. The van der Waals surface area contributed by atoms with Crippen molar-refractivity contribution in [1.82, 2.24) is 10.1 Å². The zero-order valence-electron chi connectivity index (χ0n) is 13.4. The van der Waals surface area contributed by atoms with E-state index < -0.39 is 4.92 Å². The molecule has 1 aromatic heterocycles. The Hall–Kier alpha value is -2.87. The first-order chi connectivity index (χ1) is 12.2. The van der Waals surface area contributed by atoms with E-state index in [4.69, 9.17) is 9.26 Å². The molecule has 7 nitrogen and oxygen atoms in total. The topological polar surface area (TPSA) is 91.3 Å². The van der Waals surface area contributed by atoms with E-state index >= 15 is 0 Å². The van der Waals surface area contributed by atoms with Gasteiger partial charge in [-0.3, -0.25) is 10.1 Å². The summed E-state index contributed by atoms with van der Waals surface area (Å²) in [4.78, 5) is 15.5. The van der Waals surface area contributed by atoms with E-state index in [1.54, 1.807) is 12.1 Å². The predicted octanol–water partition coefficient (Wildman–Crippen LogP) is 4.34. The van der Waals surface area contributed by atoms with Gasteiger partial charge >= 0.3 is 0 Å². The molecule has 0 unspecified atom stereocenters. The minimum absolute atomic E-state index is 0.0666. The normalized spacial score (nSPS) is 10.6. The number of nitrogens with zero attached hydrogens (tertiary/aromatic N) is 3. The van der Waals surface area contributed by atoms with Gasteiger partial charge in [0, 0.05) is 17.0 Å². The summed E-state index contributed by atoms with van der Waals surface area (Å²) in [6.07, 6.45) is 0. The number of hydrogen-bond donors (Lipinski definition) is 0. The Morgan fingerprint density at radius 3 is 2.68 bits per heavy atom. The lowest BCUT2D eigenvalue weighted by atomic mass is 10.2. The van der Waals surface area contributed by atoms with Crippen LogP contribution in [-0.4, -0.2) is 21.7 Å². The van der Waals surface area contributed by atoms with Gasteiger partial charge in [-0.15, -0.1) is 11.8 Å². The Morgan fingerprint density at radius 2 is 1.96 bits per heavy atom. The van der Waals surface area contributed by atoms with Crippen molar-refractivity contribution in [3.63, 3.8) is 0 Å². The van der Waals surface area contributed by atoms with Crippen LogP contribution in [0.15, 0.2) is 57.9 Å². The summed E-state index contributed by atoms with van der Waals surface area (Å²) in [5.74, 6) is 2.13. The van der Waals surface area contributed by atoms with E-state index in [1.807, 2.05) is 31.2 Å². The molecule has 0 bridgehead atoms. The maximum absolute atomic E-state index is 10.7. The van der Waals surface area contributed by atoms with Gasteiger partial charge in [-0.1, -0.05) is 17.3 Å². The Morgan fingerprint density at radius 1 is 1.20 bits per heavy atom. The second kappa shape index (κ2) is 7.80. The van der Waals surface area contributed by atoms with Gasteiger partial charge in [0.1, 0.15) is 5.75 Å². The maximum atomic E-state index is 10.7. The number of aromatic nitrogens is 2. The average molecular weight is 357 g/mol. The third-order valence-electron chi connectivity index (χ3n) is 3.31. The minimum Gasteiger partial charge on any atom is -0.493 e. The number of thioether (sulfide) groups is 1. The van der Waals surface area contributed by atoms with Crippen LogP contribution in [0.2, 0.25) is 0 Å². The third-order valence-corrected chi connectivity index (χ3v) is 4.30. The van der Waals surface area contributed by atoms with E-state index in [9.17, 15) is 10.1 Å². The van der Waals surface area contributed by atoms with Crippen LogP contribution in [0.4, 0.5) is 5.69 Å². The highest BCUT2D eigenvalue weighted by atomic mass is 32.2. The molecule has 0 saturated heterocycles. The van der Waals surface area contributed by atoms with E-state index in [0.717, 1.165) is 10.5 Å². The van der Waals surface area contributed by atoms with Crippen LogP contribution in [-0.2, 0) is 5.75 Å². The fourth-order valence-corrected chi connectivity index (χ4v) is 2.90. The molecule has 128 valence electrons. The van der Waals surface area contributed by atoms with Gasteiger partial charge in [-0.2, -0.15) is 4.98 Å². The number of rotatable bonds is 7. The Bertz CT molecular complexity index is 864. The summed E-state index contributed by atoms with van der Waals surface area (Å²) in [5, 5.41) is 14.7. The lowest BCUT2D eigenvalue weighted by Crippen LogP contribution is -1.94. The van der Waals surface area contributed by atoms with Crippen molar-refractivity contribution in [2.24, 2.45) is 0 Å². The first-order valence-corrected chi connectivity index (χ1v) is 8.58. The van der Waals surface area contributed by atoms with Crippen molar-refractivity contribution < 1.29 is 14.2 Å². The third kappa shape index (κ3) is 4.16. The molecule has 0 amide bonds. The second-order valence-corrected chi connectivity index (χ2v) is 6.03. The molecule has 25 heavy (non-hydrogen) atoms. The molecule has 0 spiro atoms. The average Bonchev–Trinajstić information content (AvgIpc) is 3.10. The van der Waals surface area contributed by atoms with Gasteiger partial charge in [0.25, 0.3) is 5.69 Å². The lowest BCUT2D eigenvalue weighted by molar-refractivity contribution is -0.384. The van der Waals surface area contributed by atoms with Crippen LogP contribution in [0, 0.1) is 10.1 Å². The summed E-state index contributed by atoms with van der Waals surface area (Å²) >= 11 is 1.47. The van der Waals surface area contributed by atoms with Crippen LogP contribution >= 0.6 is 11.8 Å². The van der Waals surface area contributed by atoms with E-state index in [1.165, 1.54) is 23.9 Å². The van der Waals surface area contributed by atoms with Crippen LogP contribution in [0.1, 0.15) is 12.8 Å². The summed E-state index contributed by atoms with van der Waals surface area (Å²) < 4.78 is 10.9. The number of nitro groups is 1. The molecular weight excluding hydrogens is 342 g/mol. The molecule has 3 rings (SSSR count). The molecule has 8 heteroatoms. The highest BCUT2D eigenvalue weighted by molar-refractivity contribution is 7.98. The van der Waals surface area contributed by atoms with Gasteiger partial charge in [-0.25, -0.2) is 0 Å². The fraction of sp³-hybridized carbons (Fsp3) is 0.176. The monoisotopic (exact) mass is 357 g/mol. The quantitative estimate of drug-likeness (QED) is 0.353. The van der Waals surface area contributed by atoms with Crippen molar-refractivity contribution in [1.29, 1.82) is 0 Å². The van der Waals surface area contributed by atoms with Gasteiger partial charge in [0.05, 0.1) is 22.8 Å². The van der Waals surface area contributed by atoms with Crippen LogP contribution < -0.4 is 4.74 Å². The number of benzene rings is 2. The summed E-state index contributed by atoms with van der Waals surface area (Å²) in [5.41, 5.74) is 0.844. The molecule has 0 fully saturated rings. The van der Waals surface area contributed by atoms with Gasteiger partial charge in [0.2, 0.25) is 11.7 Å². The number of non-ortho nitro benzene ring substituents is 1. The summed E-state index contributed by atoms with van der Waals surface area (Å²) in [7, 11) is 0. The molecule has 2 aromatic carbocycles. The number of ether oxygens (including phenoxy) is 1. The van der Waals surface area contributed by atoms with Crippen molar-refractivity contribution in [2.45, 2.75) is 17.6 Å². The van der Waals surface area contributed by atoms with E-state index in [-0.39, 0.29) is 5.69 Å². The number of para-hydroxylation sites is 1. The Balaban J connectivity index is 1.69. The molecular formula is C17H15N3O4S. The second-order valence-electron chi connectivity index (χ2n) is 4.98. The zero-order chi connectivity index (χ0) is 17.6.